The zero-order valence-electron chi connectivity index (χ0n) is 10.6. The van der Waals surface area contributed by atoms with Crippen LogP contribution in [0.2, 0.25) is 0 Å². The van der Waals surface area contributed by atoms with Crippen molar-refractivity contribution < 1.29 is 16.8 Å². The molecule has 0 saturated carbocycles. The molecule has 0 fully saturated rings. The Morgan fingerprint density at radius 2 is 1.65 bits per heavy atom. The average Bonchev–Trinajstić information content (AvgIpc) is 2.37. The van der Waals surface area contributed by atoms with Crippen molar-refractivity contribution in [1.29, 1.82) is 0 Å². The normalized spacial score (nSPS) is 12.6. The van der Waals surface area contributed by atoms with Crippen molar-refractivity contribution in [2.45, 2.75) is 11.8 Å². The second-order valence-corrected chi connectivity index (χ2v) is 9.37. The summed E-state index contributed by atoms with van der Waals surface area (Å²) in [4.78, 5) is 0.0882. The lowest BCUT2D eigenvalue weighted by molar-refractivity contribution is 0.571. The molecule has 0 spiro atoms. The molecule has 0 aliphatic carbocycles. The molecule has 20 heavy (non-hydrogen) atoms. The lowest BCUT2D eigenvalue weighted by atomic mass is 10.4. The highest BCUT2D eigenvalue weighted by Gasteiger charge is 2.17. The van der Waals surface area contributed by atoms with Crippen molar-refractivity contribution in [1.82, 2.24) is 9.44 Å². The molecule has 0 saturated heterocycles. The van der Waals surface area contributed by atoms with Gasteiger partial charge in [-0.15, -0.1) is 0 Å². The minimum atomic E-state index is -3.70. The van der Waals surface area contributed by atoms with E-state index in [4.69, 9.17) is 0 Å². The molecule has 114 valence electrons. The van der Waals surface area contributed by atoms with E-state index in [1.54, 1.807) is 12.1 Å². The average molecular weight is 450 g/mol. The van der Waals surface area contributed by atoms with E-state index in [2.05, 4.69) is 41.3 Å². The van der Waals surface area contributed by atoms with Crippen LogP contribution in [0.25, 0.3) is 0 Å². The molecule has 6 nitrogen and oxygen atoms in total. The summed E-state index contributed by atoms with van der Waals surface area (Å²) < 4.78 is 52.2. The molecule has 0 aliphatic rings. The van der Waals surface area contributed by atoms with Crippen LogP contribution in [-0.2, 0) is 20.0 Å². The van der Waals surface area contributed by atoms with Crippen molar-refractivity contribution >= 4 is 51.9 Å². The first-order valence-corrected chi connectivity index (χ1v) is 10.3. The predicted octanol–water partition coefficient (Wildman–Crippen LogP) is 1.43. The Labute approximate surface area is 135 Å². The van der Waals surface area contributed by atoms with Gasteiger partial charge in [-0.2, -0.15) is 0 Å². The molecule has 0 bridgehead atoms. The third-order valence-corrected chi connectivity index (χ3v) is 6.65. The van der Waals surface area contributed by atoms with Gasteiger partial charge in [-0.3, -0.25) is 0 Å². The van der Waals surface area contributed by atoms with Gasteiger partial charge in [0.2, 0.25) is 20.0 Å². The standard InChI is InChI=1S/C10H14Br2N2O4S2/c1-2-19(15,16)13-5-6-14-20(17,18)10-7-8(11)3-4-9(10)12/h3-4,7,13-14H,2,5-6H2,1H3. The third-order valence-electron chi connectivity index (χ3n) is 2.30. The number of benzene rings is 1. The molecule has 0 radical (unpaired) electrons. The summed E-state index contributed by atoms with van der Waals surface area (Å²) in [6.07, 6.45) is 0. The van der Waals surface area contributed by atoms with Gasteiger partial charge in [-0.25, -0.2) is 26.3 Å². The van der Waals surface area contributed by atoms with Crippen LogP contribution in [0.15, 0.2) is 32.0 Å². The molecule has 1 aromatic carbocycles. The Balaban J connectivity index is 2.70. The largest absolute Gasteiger partial charge is 0.241 e. The van der Waals surface area contributed by atoms with Gasteiger partial charge in [0.1, 0.15) is 0 Å². The van der Waals surface area contributed by atoms with Crippen molar-refractivity contribution in [2.24, 2.45) is 0 Å². The van der Waals surface area contributed by atoms with E-state index < -0.39 is 20.0 Å². The number of halogens is 2. The summed E-state index contributed by atoms with van der Waals surface area (Å²) >= 11 is 6.37. The molecule has 0 aromatic heterocycles. The summed E-state index contributed by atoms with van der Waals surface area (Å²) in [6.45, 7) is 1.48. The summed E-state index contributed by atoms with van der Waals surface area (Å²) in [5.74, 6) is -0.0447. The van der Waals surface area contributed by atoms with Crippen LogP contribution in [0.1, 0.15) is 6.92 Å². The maximum Gasteiger partial charge on any atom is 0.241 e. The van der Waals surface area contributed by atoms with Gasteiger partial charge in [0.05, 0.1) is 10.6 Å². The van der Waals surface area contributed by atoms with E-state index in [0.717, 1.165) is 0 Å². The maximum absolute atomic E-state index is 12.1. The summed E-state index contributed by atoms with van der Waals surface area (Å²) in [7, 11) is -7.02. The van der Waals surface area contributed by atoms with Crippen LogP contribution in [0.5, 0.6) is 0 Å². The third kappa shape index (κ3) is 5.41. The van der Waals surface area contributed by atoms with Crippen molar-refractivity contribution in [3.05, 3.63) is 27.1 Å². The van der Waals surface area contributed by atoms with Crippen LogP contribution in [-0.4, -0.2) is 35.7 Å². The van der Waals surface area contributed by atoms with Gasteiger partial charge in [0.15, 0.2) is 0 Å². The van der Waals surface area contributed by atoms with E-state index in [0.29, 0.717) is 8.95 Å². The minimum absolute atomic E-state index is 0.00102. The first-order chi connectivity index (χ1) is 9.18. The molecular formula is C10H14Br2N2O4S2. The van der Waals surface area contributed by atoms with Gasteiger partial charge in [-0.1, -0.05) is 15.9 Å². The monoisotopic (exact) mass is 448 g/mol. The number of hydrogen-bond donors (Lipinski definition) is 2. The lowest BCUT2D eigenvalue weighted by Gasteiger charge is -2.09. The van der Waals surface area contributed by atoms with Crippen LogP contribution < -0.4 is 9.44 Å². The molecular weight excluding hydrogens is 436 g/mol. The summed E-state index contributed by atoms with van der Waals surface area (Å²) in [5.41, 5.74) is 0. The van der Waals surface area contributed by atoms with E-state index in [-0.39, 0.29) is 23.7 Å². The Kier molecular flexibility index (Phi) is 6.61. The Hall–Kier alpha value is -0.000000000000000111. The second-order valence-electron chi connectivity index (χ2n) is 3.77. The van der Waals surface area contributed by atoms with Crippen LogP contribution in [0.3, 0.4) is 0 Å². The number of rotatable bonds is 7. The summed E-state index contributed by atoms with van der Waals surface area (Å²) in [6, 6.07) is 4.78. The maximum atomic E-state index is 12.1. The molecule has 0 heterocycles. The van der Waals surface area contributed by atoms with Crippen LogP contribution in [0, 0.1) is 0 Å². The van der Waals surface area contributed by atoms with Gasteiger partial charge < -0.3 is 0 Å². The van der Waals surface area contributed by atoms with E-state index in [1.165, 1.54) is 13.0 Å². The number of nitrogens with one attached hydrogen (secondary N) is 2. The van der Waals surface area contributed by atoms with Gasteiger partial charge in [0.25, 0.3) is 0 Å². The topological polar surface area (TPSA) is 92.3 Å². The van der Waals surface area contributed by atoms with Crippen molar-refractivity contribution in [2.75, 3.05) is 18.8 Å². The predicted molar refractivity (Wildman–Crippen MR) is 84.5 cm³/mol. The highest BCUT2D eigenvalue weighted by molar-refractivity contribution is 9.11. The fourth-order valence-electron chi connectivity index (χ4n) is 1.25. The highest BCUT2D eigenvalue weighted by Crippen LogP contribution is 2.25. The zero-order valence-corrected chi connectivity index (χ0v) is 15.4. The zero-order chi connectivity index (χ0) is 15.4. The molecule has 0 amide bonds. The lowest BCUT2D eigenvalue weighted by Crippen LogP contribution is -2.35. The smallest absolute Gasteiger partial charge is 0.214 e. The molecule has 1 rings (SSSR count). The van der Waals surface area contributed by atoms with Crippen LogP contribution >= 0.6 is 31.9 Å². The molecule has 10 heteroatoms. The molecule has 2 N–H and O–H groups in total. The highest BCUT2D eigenvalue weighted by atomic mass is 79.9. The molecule has 0 aliphatic heterocycles. The van der Waals surface area contributed by atoms with Crippen LogP contribution in [0.4, 0.5) is 0 Å². The second kappa shape index (κ2) is 7.32. The minimum Gasteiger partial charge on any atom is -0.214 e. The van der Waals surface area contributed by atoms with Gasteiger partial charge in [0, 0.05) is 22.0 Å². The summed E-state index contributed by atoms with van der Waals surface area (Å²) in [5, 5.41) is 0. The Bertz CT molecular complexity index is 674. The van der Waals surface area contributed by atoms with E-state index in [9.17, 15) is 16.8 Å². The fourth-order valence-corrected chi connectivity index (χ4v) is 4.40. The van der Waals surface area contributed by atoms with Gasteiger partial charge in [-0.05, 0) is 41.1 Å². The van der Waals surface area contributed by atoms with Gasteiger partial charge >= 0.3 is 0 Å². The first-order valence-electron chi connectivity index (χ1n) is 5.60. The van der Waals surface area contributed by atoms with Crippen molar-refractivity contribution in [3.8, 4) is 0 Å². The molecule has 0 unspecified atom stereocenters. The number of hydrogen-bond acceptors (Lipinski definition) is 4. The first kappa shape index (κ1) is 18.1. The quantitative estimate of drug-likeness (QED) is 0.616. The fraction of sp³-hybridized carbons (Fsp3) is 0.400. The Morgan fingerprint density at radius 1 is 1.05 bits per heavy atom. The van der Waals surface area contributed by atoms with E-state index in [1.807, 2.05) is 0 Å². The van der Waals surface area contributed by atoms with E-state index >= 15 is 0 Å². The molecule has 0 atom stereocenters. The Morgan fingerprint density at radius 3 is 2.25 bits per heavy atom. The SMILES string of the molecule is CCS(=O)(=O)NCCNS(=O)(=O)c1cc(Br)ccc1Br. The number of sulfonamides is 2. The van der Waals surface area contributed by atoms with Crippen molar-refractivity contribution in [3.63, 3.8) is 0 Å². The molecule has 1 aromatic rings.